The van der Waals surface area contributed by atoms with E-state index in [0.29, 0.717) is 0 Å². The molecule has 0 spiro atoms. The van der Waals surface area contributed by atoms with Crippen LogP contribution in [0.25, 0.3) is 0 Å². The first kappa shape index (κ1) is 15.0. The number of nitrogen functional groups attached to an aromatic ring is 1. The lowest BCUT2D eigenvalue weighted by atomic mass is 10.0. The third-order valence-electron chi connectivity index (χ3n) is 3.19. The predicted molar refractivity (Wildman–Crippen MR) is 75.8 cm³/mol. The highest BCUT2D eigenvalue weighted by atomic mass is 16.5. The van der Waals surface area contributed by atoms with Gasteiger partial charge in [0.25, 0.3) is 0 Å². The number of nitrogens with two attached hydrogens (primary N) is 1. The molecule has 4 nitrogen and oxygen atoms in total. The highest BCUT2D eigenvalue weighted by molar-refractivity contribution is 5.40. The molecule has 0 aliphatic carbocycles. The molecule has 104 valence electrons. The molecule has 1 rings (SSSR count). The van der Waals surface area contributed by atoms with Gasteiger partial charge in [0.15, 0.2) is 0 Å². The quantitative estimate of drug-likeness (QED) is 0.897. The summed E-state index contributed by atoms with van der Waals surface area (Å²) in [5, 5.41) is 0. The van der Waals surface area contributed by atoms with Crippen molar-refractivity contribution >= 4 is 5.82 Å². The molecule has 2 N–H and O–H groups in total. The van der Waals surface area contributed by atoms with Crippen molar-refractivity contribution in [2.45, 2.75) is 65.5 Å². The van der Waals surface area contributed by atoms with Gasteiger partial charge in [-0.3, -0.25) is 0 Å². The minimum absolute atomic E-state index is 0.0438. The Morgan fingerprint density at radius 2 is 1.78 bits per heavy atom. The maximum atomic E-state index is 6.27. The molecule has 1 heterocycles. The first-order chi connectivity index (χ1) is 8.12. The van der Waals surface area contributed by atoms with E-state index in [4.69, 9.17) is 10.5 Å². The number of nitrogens with zero attached hydrogens (tertiary/aromatic N) is 2. The van der Waals surface area contributed by atoms with Gasteiger partial charge in [-0.2, -0.15) is 0 Å². The van der Waals surface area contributed by atoms with Gasteiger partial charge in [0, 0.05) is 25.5 Å². The lowest BCUT2D eigenvalue weighted by Gasteiger charge is -2.25. The van der Waals surface area contributed by atoms with Crippen LogP contribution >= 0.6 is 0 Å². The van der Waals surface area contributed by atoms with Crippen molar-refractivity contribution < 1.29 is 4.74 Å². The van der Waals surface area contributed by atoms with Gasteiger partial charge in [-0.1, -0.05) is 6.92 Å². The van der Waals surface area contributed by atoms with Crippen molar-refractivity contribution in [1.29, 1.82) is 0 Å². The number of ether oxygens (including phenoxy) is 1. The summed E-state index contributed by atoms with van der Waals surface area (Å²) in [5.41, 5.74) is 6.93. The summed E-state index contributed by atoms with van der Waals surface area (Å²) < 4.78 is 7.59. The molecule has 0 aliphatic heterocycles. The molecule has 1 aromatic rings. The first-order valence-corrected chi connectivity index (χ1v) is 6.54. The van der Waals surface area contributed by atoms with E-state index in [0.717, 1.165) is 30.2 Å². The minimum atomic E-state index is -0.240. The molecule has 4 heteroatoms. The third kappa shape index (κ3) is 3.05. The minimum Gasteiger partial charge on any atom is -0.384 e. The molecule has 0 aliphatic rings. The van der Waals surface area contributed by atoms with Gasteiger partial charge < -0.3 is 15.0 Å². The predicted octanol–water partition coefficient (Wildman–Crippen LogP) is 2.75. The van der Waals surface area contributed by atoms with Crippen molar-refractivity contribution in [3.63, 3.8) is 0 Å². The summed E-state index contributed by atoms with van der Waals surface area (Å²) in [5.74, 6) is 1.81. The van der Waals surface area contributed by atoms with Gasteiger partial charge in [0.1, 0.15) is 11.6 Å². The lowest BCUT2D eigenvalue weighted by Crippen LogP contribution is -2.27. The number of anilines is 1. The highest BCUT2D eigenvalue weighted by Crippen LogP contribution is 2.28. The van der Waals surface area contributed by atoms with E-state index < -0.39 is 0 Å². The normalized spacial score (nSPS) is 13.1. The molecule has 0 atom stereocenters. The van der Waals surface area contributed by atoms with Gasteiger partial charge in [0.05, 0.1) is 11.3 Å². The van der Waals surface area contributed by atoms with Crippen molar-refractivity contribution in [2.75, 3.05) is 12.8 Å². The Labute approximate surface area is 111 Å². The van der Waals surface area contributed by atoms with Gasteiger partial charge in [0.2, 0.25) is 0 Å². The number of imidazole rings is 1. The maximum absolute atomic E-state index is 6.27. The fourth-order valence-electron chi connectivity index (χ4n) is 2.12. The average molecular weight is 253 g/mol. The maximum Gasteiger partial charge on any atom is 0.127 e. The summed E-state index contributed by atoms with van der Waals surface area (Å²) in [6, 6.07) is 0. The number of methoxy groups -OCH3 is 1. The smallest absolute Gasteiger partial charge is 0.127 e. The van der Waals surface area contributed by atoms with Crippen LogP contribution in [0.2, 0.25) is 0 Å². The molecule has 0 saturated carbocycles. The number of aryl methyl sites for hydroxylation is 1. The summed E-state index contributed by atoms with van der Waals surface area (Å²) in [7, 11) is 1.72. The van der Waals surface area contributed by atoms with Crippen molar-refractivity contribution in [3.05, 3.63) is 11.5 Å². The van der Waals surface area contributed by atoms with Crippen LogP contribution in [0.4, 0.5) is 5.82 Å². The van der Waals surface area contributed by atoms with Crippen LogP contribution in [0.15, 0.2) is 0 Å². The zero-order chi connectivity index (χ0) is 14.1. The van der Waals surface area contributed by atoms with Crippen LogP contribution in [0, 0.1) is 0 Å². The topological polar surface area (TPSA) is 53.1 Å². The van der Waals surface area contributed by atoms with E-state index in [1.807, 2.05) is 13.8 Å². The molecular formula is C14H27N3O. The number of aromatic nitrogens is 2. The molecular weight excluding hydrogens is 226 g/mol. The second kappa shape index (κ2) is 4.92. The number of rotatable bonds is 4. The van der Waals surface area contributed by atoms with Crippen LogP contribution in [0.5, 0.6) is 0 Å². The molecule has 0 saturated heterocycles. The van der Waals surface area contributed by atoms with E-state index >= 15 is 0 Å². The first-order valence-electron chi connectivity index (χ1n) is 6.54. The van der Waals surface area contributed by atoms with Crippen LogP contribution in [-0.2, 0) is 23.1 Å². The Morgan fingerprint density at radius 3 is 2.11 bits per heavy atom. The summed E-state index contributed by atoms with van der Waals surface area (Å²) in [6.45, 7) is 12.7. The molecule has 0 unspecified atom stereocenters. The van der Waals surface area contributed by atoms with Gasteiger partial charge in [-0.05, 0) is 34.6 Å². The van der Waals surface area contributed by atoms with E-state index in [1.165, 1.54) is 0 Å². The van der Waals surface area contributed by atoms with Crippen molar-refractivity contribution in [2.24, 2.45) is 0 Å². The van der Waals surface area contributed by atoms with Gasteiger partial charge in [-0.15, -0.1) is 0 Å². The molecule has 1 aromatic heterocycles. The third-order valence-corrected chi connectivity index (χ3v) is 3.19. The Morgan fingerprint density at radius 1 is 1.22 bits per heavy atom. The Bertz CT molecular complexity index is 413. The second-order valence-corrected chi connectivity index (χ2v) is 6.36. The largest absolute Gasteiger partial charge is 0.384 e. The van der Waals surface area contributed by atoms with Crippen LogP contribution in [0.1, 0.15) is 53.1 Å². The number of hydrogen-bond donors (Lipinski definition) is 1. The monoisotopic (exact) mass is 253 g/mol. The van der Waals surface area contributed by atoms with E-state index in [2.05, 4.69) is 37.2 Å². The van der Waals surface area contributed by atoms with E-state index in [9.17, 15) is 0 Å². The van der Waals surface area contributed by atoms with Crippen LogP contribution in [-0.4, -0.2) is 22.3 Å². The molecule has 18 heavy (non-hydrogen) atoms. The fraction of sp³-hybridized carbons (Fsp3) is 0.786. The van der Waals surface area contributed by atoms with Gasteiger partial charge in [-0.25, -0.2) is 4.98 Å². The average Bonchev–Trinajstić information content (AvgIpc) is 2.54. The van der Waals surface area contributed by atoms with Crippen LogP contribution < -0.4 is 5.73 Å². The van der Waals surface area contributed by atoms with Crippen molar-refractivity contribution in [3.8, 4) is 0 Å². The molecule has 0 radical (unpaired) electrons. The Hall–Kier alpha value is -1.03. The summed E-state index contributed by atoms with van der Waals surface area (Å²) in [4.78, 5) is 4.69. The SMILES string of the molecule is CCc1nc(CC(C)(C)OC)c(N)n1C(C)(C)C. The van der Waals surface area contributed by atoms with Crippen LogP contribution in [0.3, 0.4) is 0 Å². The Kier molecular flexibility index (Phi) is 4.11. The second-order valence-electron chi connectivity index (χ2n) is 6.36. The zero-order valence-corrected chi connectivity index (χ0v) is 12.8. The fourth-order valence-corrected chi connectivity index (χ4v) is 2.12. The van der Waals surface area contributed by atoms with E-state index in [-0.39, 0.29) is 11.1 Å². The Balaban J connectivity index is 3.21. The van der Waals surface area contributed by atoms with Crippen molar-refractivity contribution in [1.82, 2.24) is 9.55 Å². The molecule has 0 fully saturated rings. The number of hydrogen-bond acceptors (Lipinski definition) is 3. The van der Waals surface area contributed by atoms with E-state index in [1.54, 1.807) is 7.11 Å². The molecule has 0 aromatic carbocycles. The highest BCUT2D eigenvalue weighted by Gasteiger charge is 2.26. The molecule has 0 amide bonds. The standard InChI is InChI=1S/C14H27N3O/c1-8-11-16-10(9-14(5,6)18-7)12(15)17(11)13(2,3)4/h8-9,15H2,1-7H3. The molecule has 0 bridgehead atoms. The lowest BCUT2D eigenvalue weighted by molar-refractivity contribution is 0.0226. The summed E-state index contributed by atoms with van der Waals surface area (Å²) in [6.07, 6.45) is 1.61. The zero-order valence-electron chi connectivity index (χ0n) is 12.8. The summed E-state index contributed by atoms with van der Waals surface area (Å²) >= 11 is 0. The van der Waals surface area contributed by atoms with Gasteiger partial charge >= 0.3 is 0 Å².